The molecule has 0 aliphatic rings. The van der Waals surface area contributed by atoms with E-state index >= 15 is 0 Å². The number of hydrogen-bond donors (Lipinski definition) is 2. The SMILES string of the molecule is CCCCCn1c(Cl)c(/C=N/NC(N)=S)c2ccccc21. The summed E-state index contributed by atoms with van der Waals surface area (Å²) in [5.41, 5.74) is 9.92. The highest BCUT2D eigenvalue weighted by atomic mass is 35.5. The third-order valence-corrected chi connectivity index (χ3v) is 3.80. The van der Waals surface area contributed by atoms with Gasteiger partial charge in [0.25, 0.3) is 0 Å². The fourth-order valence-electron chi connectivity index (χ4n) is 2.32. The van der Waals surface area contributed by atoms with Gasteiger partial charge < -0.3 is 10.3 Å². The van der Waals surface area contributed by atoms with Gasteiger partial charge in [0.15, 0.2) is 5.11 Å². The first kappa shape index (κ1) is 15.8. The van der Waals surface area contributed by atoms with Crippen LogP contribution in [-0.4, -0.2) is 15.9 Å². The molecule has 2 rings (SSSR count). The number of fused-ring (bicyclic) bond motifs is 1. The van der Waals surface area contributed by atoms with Crippen LogP contribution in [-0.2, 0) is 6.54 Å². The van der Waals surface area contributed by atoms with Crippen LogP contribution < -0.4 is 11.2 Å². The second-order valence-electron chi connectivity index (χ2n) is 4.81. The molecule has 3 N–H and O–H groups in total. The van der Waals surface area contributed by atoms with Gasteiger partial charge in [0, 0.05) is 23.0 Å². The molecule has 21 heavy (non-hydrogen) atoms. The van der Waals surface area contributed by atoms with E-state index in [1.54, 1.807) is 6.21 Å². The van der Waals surface area contributed by atoms with Crippen LogP contribution in [0, 0.1) is 0 Å². The van der Waals surface area contributed by atoms with Crippen LogP contribution >= 0.6 is 23.8 Å². The maximum absolute atomic E-state index is 6.53. The first-order valence-electron chi connectivity index (χ1n) is 7.00. The van der Waals surface area contributed by atoms with Gasteiger partial charge in [0.05, 0.1) is 6.21 Å². The molecule has 0 saturated carbocycles. The predicted molar refractivity (Wildman–Crippen MR) is 94.0 cm³/mol. The molecule has 2 aromatic rings. The summed E-state index contributed by atoms with van der Waals surface area (Å²) in [6.07, 6.45) is 5.15. The molecule has 0 fully saturated rings. The molecule has 0 bridgehead atoms. The maximum atomic E-state index is 6.53. The largest absolute Gasteiger partial charge is 0.375 e. The van der Waals surface area contributed by atoms with E-state index in [9.17, 15) is 0 Å². The van der Waals surface area contributed by atoms with E-state index < -0.39 is 0 Å². The van der Waals surface area contributed by atoms with Crippen LogP contribution in [0.2, 0.25) is 5.15 Å². The van der Waals surface area contributed by atoms with E-state index in [0.29, 0.717) is 5.15 Å². The molecule has 0 radical (unpaired) electrons. The molecule has 1 aromatic heterocycles. The quantitative estimate of drug-likeness (QED) is 0.369. The zero-order valence-electron chi connectivity index (χ0n) is 12.0. The lowest BCUT2D eigenvalue weighted by molar-refractivity contribution is 0.617. The molecule has 1 heterocycles. The third-order valence-electron chi connectivity index (χ3n) is 3.30. The number of aryl methyl sites for hydroxylation is 1. The van der Waals surface area contributed by atoms with E-state index in [-0.39, 0.29) is 5.11 Å². The van der Waals surface area contributed by atoms with Crippen molar-refractivity contribution in [2.24, 2.45) is 10.8 Å². The Balaban J connectivity index is 2.38. The number of nitrogens with one attached hydrogen (secondary N) is 1. The molecule has 0 aliphatic heterocycles. The summed E-state index contributed by atoms with van der Waals surface area (Å²) in [7, 11) is 0. The highest BCUT2D eigenvalue weighted by Crippen LogP contribution is 2.29. The van der Waals surface area contributed by atoms with Gasteiger partial charge in [-0.05, 0) is 24.7 Å². The van der Waals surface area contributed by atoms with Gasteiger partial charge in [-0.2, -0.15) is 5.10 Å². The number of nitrogens with zero attached hydrogens (tertiary/aromatic N) is 2. The highest BCUT2D eigenvalue weighted by molar-refractivity contribution is 7.80. The predicted octanol–water partition coefficient (Wildman–Crippen LogP) is 3.65. The van der Waals surface area contributed by atoms with Gasteiger partial charge in [-0.3, -0.25) is 5.43 Å². The lowest BCUT2D eigenvalue weighted by atomic mass is 10.2. The molecule has 0 spiro atoms. The van der Waals surface area contributed by atoms with E-state index in [4.69, 9.17) is 29.6 Å². The van der Waals surface area contributed by atoms with Crippen molar-refractivity contribution in [1.82, 2.24) is 9.99 Å². The van der Waals surface area contributed by atoms with Gasteiger partial charge in [-0.25, -0.2) is 0 Å². The normalized spacial score (nSPS) is 11.3. The Morgan fingerprint density at radius 1 is 1.43 bits per heavy atom. The third kappa shape index (κ3) is 3.74. The van der Waals surface area contributed by atoms with Crippen molar-refractivity contribution in [1.29, 1.82) is 0 Å². The fraction of sp³-hybridized carbons (Fsp3) is 0.333. The van der Waals surface area contributed by atoms with Gasteiger partial charge in [0.2, 0.25) is 0 Å². The van der Waals surface area contributed by atoms with Crippen molar-refractivity contribution >= 4 is 46.0 Å². The number of halogens is 1. The molecule has 0 atom stereocenters. The summed E-state index contributed by atoms with van der Waals surface area (Å²) < 4.78 is 2.13. The van der Waals surface area contributed by atoms with Crippen LogP contribution in [0.25, 0.3) is 10.9 Å². The zero-order chi connectivity index (χ0) is 15.2. The Morgan fingerprint density at radius 2 is 2.19 bits per heavy atom. The van der Waals surface area contributed by atoms with Crippen LogP contribution in [0.15, 0.2) is 29.4 Å². The number of hydrogen-bond acceptors (Lipinski definition) is 2. The van der Waals surface area contributed by atoms with Crippen molar-refractivity contribution in [3.05, 3.63) is 35.0 Å². The second-order valence-corrected chi connectivity index (χ2v) is 5.61. The number of nitrogens with two attached hydrogens (primary N) is 1. The Bertz CT molecular complexity index is 663. The molecule has 6 heteroatoms. The smallest absolute Gasteiger partial charge is 0.184 e. The summed E-state index contributed by atoms with van der Waals surface area (Å²) in [4.78, 5) is 0. The maximum Gasteiger partial charge on any atom is 0.184 e. The Labute approximate surface area is 135 Å². The number of hydrazone groups is 1. The number of para-hydroxylation sites is 1. The van der Waals surface area contributed by atoms with Crippen LogP contribution in [0.1, 0.15) is 31.7 Å². The Kier molecular flexibility index (Phi) is 5.59. The number of rotatable bonds is 6. The molecular formula is C15H19ClN4S. The molecule has 0 unspecified atom stereocenters. The Hall–Kier alpha value is -1.59. The van der Waals surface area contributed by atoms with Crippen molar-refractivity contribution in [3.8, 4) is 0 Å². The van der Waals surface area contributed by atoms with Gasteiger partial charge in [-0.1, -0.05) is 49.6 Å². The number of thiocarbonyl (C=S) groups is 1. The summed E-state index contributed by atoms with van der Waals surface area (Å²) in [6, 6.07) is 8.13. The van der Waals surface area contributed by atoms with E-state index in [2.05, 4.69) is 28.1 Å². The second kappa shape index (κ2) is 7.43. The van der Waals surface area contributed by atoms with E-state index in [1.165, 1.54) is 12.8 Å². The van der Waals surface area contributed by atoms with E-state index in [1.807, 2.05) is 18.2 Å². The van der Waals surface area contributed by atoms with Crippen LogP contribution in [0.5, 0.6) is 0 Å². The zero-order valence-corrected chi connectivity index (χ0v) is 13.5. The molecule has 112 valence electrons. The number of aromatic nitrogens is 1. The average Bonchev–Trinajstić information content (AvgIpc) is 2.73. The van der Waals surface area contributed by atoms with Crippen molar-refractivity contribution in [2.75, 3.05) is 0 Å². The summed E-state index contributed by atoms with van der Waals surface area (Å²) in [6.45, 7) is 3.10. The van der Waals surface area contributed by atoms with Crippen molar-refractivity contribution in [3.63, 3.8) is 0 Å². The molecular weight excluding hydrogens is 304 g/mol. The van der Waals surface area contributed by atoms with Crippen molar-refractivity contribution < 1.29 is 0 Å². The number of benzene rings is 1. The first-order chi connectivity index (χ1) is 10.1. The minimum absolute atomic E-state index is 0.133. The molecule has 0 aliphatic carbocycles. The molecule has 4 nitrogen and oxygen atoms in total. The first-order valence-corrected chi connectivity index (χ1v) is 7.79. The van der Waals surface area contributed by atoms with E-state index in [0.717, 1.165) is 29.4 Å². The van der Waals surface area contributed by atoms with Gasteiger partial charge in [-0.15, -0.1) is 0 Å². The van der Waals surface area contributed by atoms with Crippen LogP contribution in [0.4, 0.5) is 0 Å². The standard InChI is InChI=1S/C15H19ClN4S/c1-2-3-6-9-20-13-8-5-4-7-11(13)12(14(20)16)10-18-19-15(17)21/h4-5,7-8,10H,2-3,6,9H2,1H3,(H3,17,19,21)/b18-10+. The highest BCUT2D eigenvalue weighted by Gasteiger charge is 2.13. The Morgan fingerprint density at radius 3 is 2.90 bits per heavy atom. The molecule has 0 saturated heterocycles. The average molecular weight is 323 g/mol. The summed E-state index contributed by atoms with van der Waals surface area (Å²) in [5, 5.41) is 5.93. The molecule has 1 aromatic carbocycles. The van der Waals surface area contributed by atoms with Gasteiger partial charge >= 0.3 is 0 Å². The topological polar surface area (TPSA) is 55.3 Å². The molecule has 0 amide bonds. The monoisotopic (exact) mass is 322 g/mol. The van der Waals surface area contributed by atoms with Gasteiger partial charge in [0.1, 0.15) is 5.15 Å². The van der Waals surface area contributed by atoms with Crippen molar-refractivity contribution in [2.45, 2.75) is 32.7 Å². The lowest BCUT2D eigenvalue weighted by Gasteiger charge is -2.06. The minimum Gasteiger partial charge on any atom is -0.375 e. The summed E-state index contributed by atoms with van der Waals surface area (Å²) >= 11 is 11.3. The lowest BCUT2D eigenvalue weighted by Crippen LogP contribution is -2.24. The minimum atomic E-state index is 0.133. The fourth-order valence-corrected chi connectivity index (χ4v) is 2.70. The van der Waals surface area contributed by atoms with Crippen LogP contribution in [0.3, 0.4) is 0 Å². The number of unbranched alkanes of at least 4 members (excludes halogenated alkanes) is 2. The summed E-state index contributed by atoms with van der Waals surface area (Å²) in [5.74, 6) is 0.